The first-order chi connectivity index (χ1) is 6.15. The van der Waals surface area contributed by atoms with Crippen LogP contribution in [0.3, 0.4) is 0 Å². The van der Waals surface area contributed by atoms with E-state index in [1.165, 1.54) is 5.56 Å². The first-order valence-corrected chi connectivity index (χ1v) is 4.53. The van der Waals surface area contributed by atoms with Crippen LogP contribution in [0.4, 0.5) is 5.82 Å². The average Bonchev–Trinajstić information content (AvgIpc) is 1.96. The standard InChI is InChI=1S/C10H14N2O/c1-7-3-8(2)11-10(4-7)12-5-9(13)6-12/h3-4,9,13H,5-6H2,1-2H3. The van der Waals surface area contributed by atoms with Crippen LogP contribution in [0, 0.1) is 13.8 Å². The normalized spacial score (nSPS) is 17.3. The molecule has 70 valence electrons. The van der Waals surface area contributed by atoms with Gasteiger partial charge in [0.15, 0.2) is 0 Å². The Hall–Kier alpha value is -1.09. The molecule has 3 nitrogen and oxygen atoms in total. The van der Waals surface area contributed by atoms with Crippen molar-refractivity contribution in [1.82, 2.24) is 4.98 Å². The van der Waals surface area contributed by atoms with E-state index in [0.717, 1.165) is 24.6 Å². The molecule has 0 amide bonds. The fraction of sp³-hybridized carbons (Fsp3) is 0.500. The van der Waals surface area contributed by atoms with Crippen molar-refractivity contribution >= 4 is 5.82 Å². The van der Waals surface area contributed by atoms with E-state index < -0.39 is 0 Å². The minimum atomic E-state index is -0.164. The van der Waals surface area contributed by atoms with Crippen LogP contribution in [0.2, 0.25) is 0 Å². The molecule has 1 saturated heterocycles. The predicted molar refractivity (Wildman–Crippen MR) is 51.9 cm³/mol. The van der Waals surface area contributed by atoms with Crippen molar-refractivity contribution in [2.24, 2.45) is 0 Å². The number of rotatable bonds is 1. The maximum absolute atomic E-state index is 9.15. The van der Waals surface area contributed by atoms with Gasteiger partial charge >= 0.3 is 0 Å². The second-order valence-electron chi connectivity index (χ2n) is 3.70. The minimum Gasteiger partial charge on any atom is -0.389 e. The number of aryl methyl sites for hydroxylation is 2. The molecular weight excluding hydrogens is 164 g/mol. The third-order valence-electron chi connectivity index (χ3n) is 2.27. The molecule has 0 atom stereocenters. The van der Waals surface area contributed by atoms with Gasteiger partial charge in [-0.3, -0.25) is 0 Å². The zero-order chi connectivity index (χ0) is 9.42. The summed E-state index contributed by atoms with van der Waals surface area (Å²) in [5.74, 6) is 0.989. The molecule has 0 bridgehead atoms. The van der Waals surface area contributed by atoms with E-state index in [1.807, 2.05) is 6.92 Å². The van der Waals surface area contributed by atoms with Crippen molar-refractivity contribution in [2.75, 3.05) is 18.0 Å². The topological polar surface area (TPSA) is 36.4 Å². The van der Waals surface area contributed by atoms with Gasteiger partial charge in [-0.2, -0.15) is 0 Å². The molecule has 1 fully saturated rings. The van der Waals surface area contributed by atoms with Gasteiger partial charge in [0.25, 0.3) is 0 Å². The lowest BCUT2D eigenvalue weighted by Gasteiger charge is -2.37. The minimum absolute atomic E-state index is 0.164. The Balaban J connectivity index is 2.21. The van der Waals surface area contributed by atoms with Crippen LogP contribution in [0.5, 0.6) is 0 Å². The van der Waals surface area contributed by atoms with Crippen LogP contribution >= 0.6 is 0 Å². The highest BCUT2D eigenvalue weighted by Gasteiger charge is 2.25. The van der Waals surface area contributed by atoms with Gasteiger partial charge in [-0.05, 0) is 31.5 Å². The maximum Gasteiger partial charge on any atom is 0.129 e. The van der Waals surface area contributed by atoms with Crippen LogP contribution in [-0.2, 0) is 0 Å². The van der Waals surface area contributed by atoms with Gasteiger partial charge in [-0.15, -0.1) is 0 Å². The van der Waals surface area contributed by atoms with Crippen molar-refractivity contribution in [2.45, 2.75) is 20.0 Å². The number of pyridine rings is 1. The predicted octanol–water partition coefficient (Wildman–Crippen LogP) is 0.879. The lowest BCUT2D eigenvalue weighted by atomic mass is 10.1. The number of nitrogens with zero attached hydrogens (tertiary/aromatic N) is 2. The Morgan fingerprint density at radius 1 is 1.38 bits per heavy atom. The quantitative estimate of drug-likeness (QED) is 0.693. The van der Waals surface area contributed by atoms with E-state index in [4.69, 9.17) is 5.11 Å². The van der Waals surface area contributed by atoms with E-state index >= 15 is 0 Å². The molecule has 1 aliphatic rings. The molecule has 0 unspecified atom stereocenters. The van der Waals surface area contributed by atoms with Crippen LogP contribution < -0.4 is 4.90 Å². The van der Waals surface area contributed by atoms with Crippen molar-refractivity contribution in [3.63, 3.8) is 0 Å². The molecule has 1 N–H and O–H groups in total. The Kier molecular flexibility index (Phi) is 1.96. The molecule has 3 heteroatoms. The number of hydrogen-bond donors (Lipinski definition) is 1. The molecule has 1 aromatic rings. The highest BCUT2D eigenvalue weighted by atomic mass is 16.3. The molecule has 0 radical (unpaired) electrons. The fourth-order valence-electron chi connectivity index (χ4n) is 1.62. The smallest absolute Gasteiger partial charge is 0.129 e. The molecule has 1 aromatic heterocycles. The summed E-state index contributed by atoms with van der Waals surface area (Å²) in [5, 5.41) is 9.15. The summed E-state index contributed by atoms with van der Waals surface area (Å²) < 4.78 is 0. The zero-order valence-electron chi connectivity index (χ0n) is 7.99. The van der Waals surface area contributed by atoms with E-state index in [2.05, 4.69) is 28.9 Å². The van der Waals surface area contributed by atoms with Crippen molar-refractivity contribution in [1.29, 1.82) is 0 Å². The zero-order valence-corrected chi connectivity index (χ0v) is 7.99. The maximum atomic E-state index is 9.15. The second kappa shape index (κ2) is 3.00. The molecule has 0 spiro atoms. The molecular formula is C10H14N2O. The van der Waals surface area contributed by atoms with Gasteiger partial charge in [0, 0.05) is 18.8 Å². The van der Waals surface area contributed by atoms with Gasteiger partial charge in [-0.25, -0.2) is 4.98 Å². The number of anilines is 1. The van der Waals surface area contributed by atoms with E-state index in [9.17, 15) is 0 Å². The fourth-order valence-corrected chi connectivity index (χ4v) is 1.62. The van der Waals surface area contributed by atoms with Crippen LogP contribution in [-0.4, -0.2) is 29.3 Å². The number of β-amino-alcohol motifs (C(OH)–C–C–N with tert-alkyl or cyclic N) is 1. The summed E-state index contributed by atoms with van der Waals surface area (Å²) in [4.78, 5) is 6.49. The average molecular weight is 178 g/mol. The van der Waals surface area contributed by atoms with Crippen molar-refractivity contribution in [3.8, 4) is 0 Å². The highest BCUT2D eigenvalue weighted by Crippen LogP contribution is 2.19. The summed E-state index contributed by atoms with van der Waals surface area (Å²) in [5.41, 5.74) is 2.26. The first kappa shape index (κ1) is 8.51. The number of aliphatic hydroxyl groups is 1. The Morgan fingerprint density at radius 2 is 2.08 bits per heavy atom. The first-order valence-electron chi connectivity index (χ1n) is 4.53. The summed E-state index contributed by atoms with van der Waals surface area (Å²) in [6.07, 6.45) is -0.164. The second-order valence-corrected chi connectivity index (χ2v) is 3.70. The van der Waals surface area contributed by atoms with Crippen molar-refractivity contribution in [3.05, 3.63) is 23.4 Å². The Bertz CT molecular complexity index is 298. The monoisotopic (exact) mass is 178 g/mol. The largest absolute Gasteiger partial charge is 0.389 e. The number of aromatic nitrogens is 1. The number of aliphatic hydroxyl groups excluding tert-OH is 1. The molecule has 0 saturated carbocycles. The van der Waals surface area contributed by atoms with Gasteiger partial charge in [0.05, 0.1) is 6.10 Å². The molecule has 13 heavy (non-hydrogen) atoms. The third kappa shape index (κ3) is 1.65. The SMILES string of the molecule is Cc1cc(C)nc(N2CC(O)C2)c1. The van der Waals surface area contributed by atoms with Gasteiger partial charge in [-0.1, -0.05) is 0 Å². The molecule has 1 aliphatic heterocycles. The van der Waals surface area contributed by atoms with Gasteiger partial charge < -0.3 is 10.0 Å². The summed E-state index contributed by atoms with van der Waals surface area (Å²) >= 11 is 0. The highest BCUT2D eigenvalue weighted by molar-refractivity contribution is 5.45. The van der Waals surface area contributed by atoms with Crippen LogP contribution in [0.15, 0.2) is 12.1 Å². The summed E-state index contributed by atoms with van der Waals surface area (Å²) in [6, 6.07) is 4.11. The van der Waals surface area contributed by atoms with Crippen LogP contribution in [0.25, 0.3) is 0 Å². The molecule has 2 heterocycles. The van der Waals surface area contributed by atoms with Crippen molar-refractivity contribution < 1.29 is 5.11 Å². The lowest BCUT2D eigenvalue weighted by molar-refractivity contribution is 0.141. The molecule has 0 aromatic carbocycles. The third-order valence-corrected chi connectivity index (χ3v) is 2.27. The number of hydrogen-bond acceptors (Lipinski definition) is 3. The molecule has 0 aliphatic carbocycles. The van der Waals surface area contributed by atoms with E-state index in [0.29, 0.717) is 0 Å². The van der Waals surface area contributed by atoms with Gasteiger partial charge in [0.2, 0.25) is 0 Å². The summed E-state index contributed by atoms with van der Waals surface area (Å²) in [7, 11) is 0. The Labute approximate surface area is 78.0 Å². The Morgan fingerprint density at radius 3 is 2.62 bits per heavy atom. The molecule has 2 rings (SSSR count). The van der Waals surface area contributed by atoms with Gasteiger partial charge in [0.1, 0.15) is 5.82 Å². The van der Waals surface area contributed by atoms with E-state index in [-0.39, 0.29) is 6.10 Å². The lowest BCUT2D eigenvalue weighted by Crippen LogP contribution is -2.51. The van der Waals surface area contributed by atoms with E-state index in [1.54, 1.807) is 0 Å². The van der Waals surface area contributed by atoms with Crippen LogP contribution in [0.1, 0.15) is 11.3 Å². The summed E-state index contributed by atoms with van der Waals surface area (Å²) in [6.45, 7) is 5.49.